The molecule has 1 rings (SSSR count). The van der Waals surface area contributed by atoms with Crippen molar-refractivity contribution in [3.8, 4) is 0 Å². The van der Waals surface area contributed by atoms with Gasteiger partial charge in [0, 0.05) is 10.6 Å². The van der Waals surface area contributed by atoms with Crippen LogP contribution in [0.2, 0.25) is 0 Å². The SMILES string of the molecule is CP(C)(=O)Cc1cccc(Br)c1. The lowest BCUT2D eigenvalue weighted by molar-refractivity contribution is 0.582. The summed E-state index contributed by atoms with van der Waals surface area (Å²) in [6.07, 6.45) is 0.687. The summed E-state index contributed by atoms with van der Waals surface area (Å²) in [7, 11) is -1.93. The third kappa shape index (κ3) is 3.55. The molecular formula is C9H12BrOP. The summed E-state index contributed by atoms with van der Waals surface area (Å²) in [6, 6.07) is 7.96. The molecule has 0 aliphatic rings. The molecule has 0 bridgehead atoms. The minimum atomic E-state index is -1.93. The van der Waals surface area contributed by atoms with Crippen molar-refractivity contribution in [2.45, 2.75) is 6.16 Å². The van der Waals surface area contributed by atoms with E-state index in [-0.39, 0.29) is 0 Å². The Morgan fingerprint density at radius 3 is 2.58 bits per heavy atom. The Balaban J connectivity index is 2.84. The Kier molecular flexibility index (Phi) is 3.14. The van der Waals surface area contributed by atoms with E-state index in [9.17, 15) is 4.57 Å². The molecule has 0 spiro atoms. The molecule has 0 saturated heterocycles. The topological polar surface area (TPSA) is 17.1 Å². The molecule has 0 radical (unpaired) electrons. The Hall–Kier alpha value is -0.0700. The first-order chi connectivity index (χ1) is 5.47. The molecule has 0 saturated carbocycles. The molecule has 66 valence electrons. The van der Waals surface area contributed by atoms with Crippen LogP contribution in [-0.4, -0.2) is 13.3 Å². The molecule has 0 atom stereocenters. The number of hydrogen-bond donors (Lipinski definition) is 0. The summed E-state index contributed by atoms with van der Waals surface area (Å²) in [6.45, 7) is 3.63. The largest absolute Gasteiger partial charge is 0.324 e. The normalized spacial score (nSPS) is 11.6. The van der Waals surface area contributed by atoms with Crippen molar-refractivity contribution in [2.24, 2.45) is 0 Å². The van der Waals surface area contributed by atoms with Gasteiger partial charge in [0.1, 0.15) is 0 Å². The maximum Gasteiger partial charge on any atom is 0.0861 e. The van der Waals surface area contributed by atoms with Crippen LogP contribution in [0.1, 0.15) is 5.56 Å². The molecular weight excluding hydrogens is 235 g/mol. The van der Waals surface area contributed by atoms with Crippen LogP contribution in [0, 0.1) is 0 Å². The molecule has 3 heteroatoms. The molecule has 12 heavy (non-hydrogen) atoms. The van der Waals surface area contributed by atoms with Crippen molar-refractivity contribution in [3.05, 3.63) is 34.3 Å². The van der Waals surface area contributed by atoms with Gasteiger partial charge in [-0.2, -0.15) is 0 Å². The second kappa shape index (κ2) is 3.76. The Morgan fingerprint density at radius 2 is 2.08 bits per heavy atom. The first kappa shape index (κ1) is 10.0. The molecule has 0 fully saturated rings. The van der Waals surface area contributed by atoms with Gasteiger partial charge in [-0.05, 0) is 31.0 Å². The highest BCUT2D eigenvalue weighted by Crippen LogP contribution is 2.40. The van der Waals surface area contributed by atoms with Crippen molar-refractivity contribution >= 4 is 23.1 Å². The summed E-state index contributed by atoms with van der Waals surface area (Å²) in [4.78, 5) is 0. The number of rotatable bonds is 2. The highest BCUT2D eigenvalue weighted by atomic mass is 79.9. The lowest BCUT2D eigenvalue weighted by Gasteiger charge is -2.06. The molecule has 1 nitrogen and oxygen atoms in total. The number of benzene rings is 1. The maximum absolute atomic E-state index is 11.5. The lowest BCUT2D eigenvalue weighted by atomic mass is 10.2. The van der Waals surface area contributed by atoms with E-state index >= 15 is 0 Å². The summed E-state index contributed by atoms with van der Waals surface area (Å²) in [5, 5.41) is 0. The van der Waals surface area contributed by atoms with Crippen molar-refractivity contribution in [3.63, 3.8) is 0 Å². The predicted molar refractivity (Wildman–Crippen MR) is 57.3 cm³/mol. The van der Waals surface area contributed by atoms with E-state index in [2.05, 4.69) is 15.9 Å². The van der Waals surface area contributed by atoms with Gasteiger partial charge in [0.25, 0.3) is 0 Å². The van der Waals surface area contributed by atoms with Crippen LogP contribution in [0.15, 0.2) is 28.7 Å². The lowest BCUT2D eigenvalue weighted by Crippen LogP contribution is -1.84. The maximum atomic E-state index is 11.5. The average molecular weight is 247 g/mol. The van der Waals surface area contributed by atoms with Crippen LogP contribution in [0.3, 0.4) is 0 Å². The van der Waals surface area contributed by atoms with Gasteiger partial charge in [-0.15, -0.1) is 0 Å². The third-order valence-corrected chi connectivity index (χ3v) is 3.07. The van der Waals surface area contributed by atoms with E-state index in [1.165, 1.54) is 0 Å². The zero-order valence-corrected chi connectivity index (χ0v) is 9.73. The third-order valence-electron chi connectivity index (χ3n) is 1.45. The van der Waals surface area contributed by atoms with Gasteiger partial charge in [0.15, 0.2) is 0 Å². The second-order valence-corrected chi connectivity index (χ2v) is 7.74. The van der Waals surface area contributed by atoms with Crippen LogP contribution in [0.25, 0.3) is 0 Å². The van der Waals surface area contributed by atoms with E-state index in [0.717, 1.165) is 10.0 Å². The van der Waals surface area contributed by atoms with Crippen molar-refractivity contribution in [1.29, 1.82) is 0 Å². The molecule has 0 aliphatic carbocycles. The van der Waals surface area contributed by atoms with Gasteiger partial charge in [-0.3, -0.25) is 0 Å². The molecule has 0 aliphatic heterocycles. The Labute approximate surface area is 81.7 Å². The van der Waals surface area contributed by atoms with Gasteiger partial charge in [-0.1, -0.05) is 28.1 Å². The fourth-order valence-electron chi connectivity index (χ4n) is 1.08. The number of halogens is 1. The zero-order chi connectivity index (χ0) is 9.19. The van der Waals surface area contributed by atoms with Crippen LogP contribution in [0.4, 0.5) is 0 Å². The molecule has 0 unspecified atom stereocenters. The quantitative estimate of drug-likeness (QED) is 0.730. The van der Waals surface area contributed by atoms with Gasteiger partial charge in [-0.25, -0.2) is 0 Å². The smallest absolute Gasteiger partial charge is 0.0861 e. The van der Waals surface area contributed by atoms with Gasteiger partial charge < -0.3 is 4.57 Å². The van der Waals surface area contributed by atoms with Crippen molar-refractivity contribution in [2.75, 3.05) is 13.3 Å². The fourth-order valence-corrected chi connectivity index (χ4v) is 2.60. The zero-order valence-electron chi connectivity index (χ0n) is 7.25. The minimum absolute atomic E-state index is 0.687. The standard InChI is InChI=1S/C9H12BrOP/c1-12(2,11)7-8-4-3-5-9(10)6-8/h3-6H,7H2,1-2H3. The molecule has 1 aromatic rings. The van der Waals surface area contributed by atoms with Gasteiger partial charge in [0.05, 0.1) is 7.14 Å². The van der Waals surface area contributed by atoms with Gasteiger partial charge in [0.2, 0.25) is 0 Å². The van der Waals surface area contributed by atoms with E-state index < -0.39 is 7.14 Å². The Bertz CT molecular complexity index is 316. The van der Waals surface area contributed by atoms with E-state index in [4.69, 9.17) is 0 Å². The van der Waals surface area contributed by atoms with E-state index in [1.807, 2.05) is 37.6 Å². The van der Waals surface area contributed by atoms with Crippen LogP contribution in [0.5, 0.6) is 0 Å². The van der Waals surface area contributed by atoms with Crippen LogP contribution < -0.4 is 0 Å². The monoisotopic (exact) mass is 246 g/mol. The first-order valence-electron chi connectivity index (χ1n) is 3.76. The highest BCUT2D eigenvalue weighted by molar-refractivity contribution is 9.10. The second-order valence-electron chi connectivity index (χ2n) is 3.36. The highest BCUT2D eigenvalue weighted by Gasteiger charge is 2.07. The summed E-state index contributed by atoms with van der Waals surface area (Å²) < 4.78 is 12.5. The summed E-state index contributed by atoms with van der Waals surface area (Å²) in [5.41, 5.74) is 1.14. The molecule has 0 amide bonds. The fraction of sp³-hybridized carbons (Fsp3) is 0.333. The predicted octanol–water partition coefficient (Wildman–Crippen LogP) is 3.57. The summed E-state index contributed by atoms with van der Waals surface area (Å²) in [5.74, 6) is 0. The first-order valence-corrected chi connectivity index (χ1v) is 7.34. The number of hydrogen-bond acceptors (Lipinski definition) is 1. The Morgan fingerprint density at radius 1 is 1.42 bits per heavy atom. The van der Waals surface area contributed by atoms with E-state index in [1.54, 1.807) is 0 Å². The van der Waals surface area contributed by atoms with Crippen molar-refractivity contribution in [1.82, 2.24) is 0 Å². The molecule has 0 aromatic heterocycles. The minimum Gasteiger partial charge on any atom is -0.324 e. The average Bonchev–Trinajstić information content (AvgIpc) is 1.82. The molecule has 0 N–H and O–H groups in total. The van der Waals surface area contributed by atoms with Crippen LogP contribution >= 0.6 is 23.1 Å². The van der Waals surface area contributed by atoms with E-state index in [0.29, 0.717) is 6.16 Å². The van der Waals surface area contributed by atoms with Crippen LogP contribution in [-0.2, 0) is 10.7 Å². The van der Waals surface area contributed by atoms with Gasteiger partial charge >= 0.3 is 0 Å². The molecule has 0 heterocycles. The molecule has 1 aromatic carbocycles. The summed E-state index contributed by atoms with van der Waals surface area (Å²) >= 11 is 3.38. The van der Waals surface area contributed by atoms with Crippen molar-refractivity contribution < 1.29 is 4.57 Å².